The molecule has 2 heterocycles. The first-order chi connectivity index (χ1) is 9.74. The molecule has 102 valence electrons. The molecule has 0 fully saturated rings. The molecule has 0 unspecified atom stereocenters. The van der Waals surface area contributed by atoms with Gasteiger partial charge in [0, 0.05) is 11.9 Å². The van der Waals surface area contributed by atoms with Gasteiger partial charge in [-0.25, -0.2) is 9.97 Å². The van der Waals surface area contributed by atoms with Crippen LogP contribution in [0.2, 0.25) is 5.02 Å². The Hall–Kier alpha value is -1.72. The molecule has 3 aromatic rings. The smallest absolute Gasteiger partial charge is 0.178 e. The second-order valence-corrected chi connectivity index (χ2v) is 5.60. The quantitative estimate of drug-likeness (QED) is 0.742. The molecule has 2 aromatic heterocycles. The van der Waals surface area contributed by atoms with E-state index in [1.165, 1.54) is 5.56 Å². The number of fused-ring (bicyclic) bond motifs is 1. The molecule has 0 amide bonds. The van der Waals surface area contributed by atoms with Crippen molar-refractivity contribution in [2.45, 2.75) is 10.9 Å². The standard InChI is InChI=1S/C14H12ClN3OS/c1-19-11-4-2-9(3-5-11)8-20-14-17-12-6-10(15)7-16-13(12)18-14/h2-7H,8H2,1H3,(H,16,17,18). The molecule has 4 nitrogen and oxygen atoms in total. The van der Waals surface area contributed by atoms with Crippen molar-refractivity contribution >= 4 is 34.5 Å². The van der Waals surface area contributed by atoms with Crippen LogP contribution in [0.3, 0.4) is 0 Å². The molecule has 0 aliphatic carbocycles. The summed E-state index contributed by atoms with van der Waals surface area (Å²) >= 11 is 7.53. The third-order valence-corrected chi connectivity index (χ3v) is 3.97. The van der Waals surface area contributed by atoms with Crippen LogP contribution in [0.4, 0.5) is 0 Å². The van der Waals surface area contributed by atoms with Gasteiger partial charge in [-0.15, -0.1) is 0 Å². The van der Waals surface area contributed by atoms with E-state index in [0.717, 1.165) is 22.2 Å². The summed E-state index contributed by atoms with van der Waals surface area (Å²) in [6, 6.07) is 9.83. The van der Waals surface area contributed by atoms with E-state index in [4.69, 9.17) is 16.3 Å². The van der Waals surface area contributed by atoms with Gasteiger partial charge in [0.05, 0.1) is 17.6 Å². The Bertz CT molecular complexity index is 727. The van der Waals surface area contributed by atoms with E-state index in [1.54, 1.807) is 25.1 Å². The molecule has 0 spiro atoms. The number of rotatable bonds is 4. The summed E-state index contributed by atoms with van der Waals surface area (Å²) in [7, 11) is 1.66. The van der Waals surface area contributed by atoms with Crippen LogP contribution in [-0.4, -0.2) is 22.1 Å². The summed E-state index contributed by atoms with van der Waals surface area (Å²) in [6.07, 6.45) is 1.60. The lowest BCUT2D eigenvalue weighted by atomic mass is 10.2. The highest BCUT2D eigenvalue weighted by Crippen LogP contribution is 2.24. The Morgan fingerprint density at radius 2 is 2.10 bits per heavy atom. The third kappa shape index (κ3) is 2.89. The Kier molecular flexibility index (Phi) is 3.80. The lowest BCUT2D eigenvalue weighted by Gasteiger charge is -2.01. The normalized spacial score (nSPS) is 10.9. The molecule has 0 atom stereocenters. The number of aromatic amines is 1. The van der Waals surface area contributed by atoms with Gasteiger partial charge in [0.15, 0.2) is 10.8 Å². The Labute approximate surface area is 125 Å². The number of hydrogen-bond donors (Lipinski definition) is 1. The van der Waals surface area contributed by atoms with Crippen molar-refractivity contribution in [3.8, 4) is 5.75 Å². The molecule has 6 heteroatoms. The van der Waals surface area contributed by atoms with E-state index in [0.29, 0.717) is 10.7 Å². The zero-order valence-electron chi connectivity index (χ0n) is 10.8. The van der Waals surface area contributed by atoms with E-state index in [-0.39, 0.29) is 0 Å². The second kappa shape index (κ2) is 5.73. The highest BCUT2D eigenvalue weighted by Gasteiger charge is 2.05. The number of hydrogen-bond acceptors (Lipinski definition) is 4. The van der Waals surface area contributed by atoms with Gasteiger partial charge >= 0.3 is 0 Å². The fraction of sp³-hybridized carbons (Fsp3) is 0.143. The molecule has 0 saturated heterocycles. The van der Waals surface area contributed by atoms with Crippen LogP contribution >= 0.6 is 23.4 Å². The number of pyridine rings is 1. The van der Waals surface area contributed by atoms with Gasteiger partial charge in [-0.3, -0.25) is 0 Å². The average Bonchev–Trinajstić information content (AvgIpc) is 2.87. The monoisotopic (exact) mass is 305 g/mol. The van der Waals surface area contributed by atoms with Crippen molar-refractivity contribution in [2.24, 2.45) is 0 Å². The number of methoxy groups -OCH3 is 1. The predicted octanol–water partition coefficient (Wildman–Crippen LogP) is 3.91. The Morgan fingerprint density at radius 3 is 2.85 bits per heavy atom. The fourth-order valence-electron chi connectivity index (χ4n) is 1.79. The van der Waals surface area contributed by atoms with E-state index in [9.17, 15) is 0 Å². The lowest BCUT2D eigenvalue weighted by molar-refractivity contribution is 0.414. The van der Waals surface area contributed by atoms with Crippen molar-refractivity contribution in [1.29, 1.82) is 0 Å². The van der Waals surface area contributed by atoms with Gasteiger partial charge in [-0.1, -0.05) is 35.5 Å². The summed E-state index contributed by atoms with van der Waals surface area (Å²) < 4.78 is 5.14. The number of nitrogens with one attached hydrogen (secondary N) is 1. The first-order valence-electron chi connectivity index (χ1n) is 6.01. The number of imidazole rings is 1. The van der Waals surface area contributed by atoms with Gasteiger partial charge in [0.25, 0.3) is 0 Å². The van der Waals surface area contributed by atoms with E-state index < -0.39 is 0 Å². The number of aromatic nitrogens is 3. The summed E-state index contributed by atoms with van der Waals surface area (Å²) in [4.78, 5) is 11.8. The van der Waals surface area contributed by atoms with Crippen LogP contribution in [0.25, 0.3) is 11.2 Å². The molecule has 0 saturated carbocycles. The number of halogens is 1. The Balaban J connectivity index is 1.72. The zero-order chi connectivity index (χ0) is 13.9. The molecule has 0 bridgehead atoms. The lowest BCUT2D eigenvalue weighted by Crippen LogP contribution is -1.85. The van der Waals surface area contributed by atoms with Gasteiger partial charge < -0.3 is 9.72 Å². The van der Waals surface area contributed by atoms with Crippen LogP contribution in [0, 0.1) is 0 Å². The van der Waals surface area contributed by atoms with E-state index in [2.05, 4.69) is 15.0 Å². The first-order valence-corrected chi connectivity index (χ1v) is 7.38. The summed E-state index contributed by atoms with van der Waals surface area (Å²) in [6.45, 7) is 0. The zero-order valence-corrected chi connectivity index (χ0v) is 12.3. The van der Waals surface area contributed by atoms with Crippen molar-refractivity contribution in [1.82, 2.24) is 15.0 Å². The SMILES string of the molecule is COc1ccc(CSc2nc3ncc(Cl)cc3[nH]2)cc1. The highest BCUT2D eigenvalue weighted by molar-refractivity contribution is 7.98. The Morgan fingerprint density at radius 1 is 1.30 bits per heavy atom. The van der Waals surface area contributed by atoms with E-state index >= 15 is 0 Å². The predicted molar refractivity (Wildman–Crippen MR) is 81.5 cm³/mol. The van der Waals surface area contributed by atoms with Crippen LogP contribution in [0.5, 0.6) is 5.75 Å². The first kappa shape index (κ1) is 13.3. The molecule has 1 aromatic carbocycles. The molecule has 0 aliphatic rings. The fourth-order valence-corrected chi connectivity index (χ4v) is 2.78. The largest absolute Gasteiger partial charge is 0.497 e. The topological polar surface area (TPSA) is 50.8 Å². The maximum atomic E-state index is 5.90. The van der Waals surface area contributed by atoms with Gasteiger partial charge in [-0.05, 0) is 23.8 Å². The van der Waals surface area contributed by atoms with Crippen LogP contribution in [0.1, 0.15) is 5.56 Å². The van der Waals surface area contributed by atoms with Gasteiger partial charge in [-0.2, -0.15) is 0 Å². The van der Waals surface area contributed by atoms with Crippen LogP contribution < -0.4 is 4.74 Å². The van der Waals surface area contributed by atoms with Crippen molar-refractivity contribution in [3.63, 3.8) is 0 Å². The van der Waals surface area contributed by atoms with Crippen molar-refractivity contribution < 1.29 is 4.74 Å². The molecule has 1 N–H and O–H groups in total. The molecule has 20 heavy (non-hydrogen) atoms. The summed E-state index contributed by atoms with van der Waals surface area (Å²) in [5.41, 5.74) is 2.75. The number of ether oxygens (including phenoxy) is 1. The van der Waals surface area contributed by atoms with E-state index in [1.807, 2.05) is 30.3 Å². The highest BCUT2D eigenvalue weighted by atomic mass is 35.5. The molecular weight excluding hydrogens is 294 g/mol. The van der Waals surface area contributed by atoms with Crippen molar-refractivity contribution in [3.05, 3.63) is 47.1 Å². The van der Waals surface area contributed by atoms with Gasteiger partial charge in [0.1, 0.15) is 5.75 Å². The number of nitrogens with zero attached hydrogens (tertiary/aromatic N) is 2. The molecule has 0 aliphatic heterocycles. The molecule has 3 rings (SSSR count). The average molecular weight is 306 g/mol. The second-order valence-electron chi connectivity index (χ2n) is 4.20. The minimum absolute atomic E-state index is 0.604. The van der Waals surface area contributed by atoms with Gasteiger partial charge in [0.2, 0.25) is 0 Å². The number of benzene rings is 1. The maximum absolute atomic E-state index is 5.90. The molecule has 0 radical (unpaired) electrons. The minimum atomic E-state index is 0.604. The summed E-state index contributed by atoms with van der Waals surface area (Å²) in [5.74, 6) is 1.69. The summed E-state index contributed by atoms with van der Waals surface area (Å²) in [5, 5.41) is 1.44. The molecular formula is C14H12ClN3OS. The van der Waals surface area contributed by atoms with Crippen LogP contribution in [-0.2, 0) is 5.75 Å². The van der Waals surface area contributed by atoms with Crippen molar-refractivity contribution in [2.75, 3.05) is 7.11 Å². The number of H-pyrrole nitrogens is 1. The van der Waals surface area contributed by atoms with Crippen LogP contribution in [0.15, 0.2) is 41.7 Å². The third-order valence-electron chi connectivity index (χ3n) is 2.82. The number of thioether (sulfide) groups is 1. The minimum Gasteiger partial charge on any atom is -0.497 e. The maximum Gasteiger partial charge on any atom is 0.178 e.